The number of nitrogens with one attached hydrogen (secondary N) is 2. The van der Waals surface area contributed by atoms with Crippen LogP contribution in [0.2, 0.25) is 0 Å². The molecule has 1 saturated heterocycles. The SMILES string of the molecule is O=[N+]([O-])c1cncc(Br)c1NCCN1CCNCC1. The number of hydrogen-bond donors (Lipinski definition) is 2. The highest BCUT2D eigenvalue weighted by molar-refractivity contribution is 9.10. The topological polar surface area (TPSA) is 83.3 Å². The van der Waals surface area contributed by atoms with Crippen LogP contribution in [0.3, 0.4) is 0 Å². The summed E-state index contributed by atoms with van der Waals surface area (Å²) in [5.41, 5.74) is 0.491. The van der Waals surface area contributed by atoms with E-state index >= 15 is 0 Å². The Morgan fingerprint density at radius 3 is 2.89 bits per heavy atom. The van der Waals surface area contributed by atoms with Gasteiger partial charge in [0.1, 0.15) is 11.9 Å². The van der Waals surface area contributed by atoms with Gasteiger partial charge in [-0.2, -0.15) is 0 Å². The van der Waals surface area contributed by atoms with E-state index in [9.17, 15) is 10.1 Å². The van der Waals surface area contributed by atoms with Gasteiger partial charge in [-0.1, -0.05) is 0 Å². The van der Waals surface area contributed by atoms with Gasteiger partial charge in [0, 0.05) is 45.5 Å². The van der Waals surface area contributed by atoms with E-state index in [0.717, 1.165) is 32.7 Å². The number of pyridine rings is 1. The molecule has 1 aliphatic rings. The van der Waals surface area contributed by atoms with Crippen LogP contribution in [0.25, 0.3) is 0 Å². The fourth-order valence-corrected chi connectivity index (χ4v) is 2.47. The van der Waals surface area contributed by atoms with Crippen LogP contribution in [-0.4, -0.2) is 54.1 Å². The van der Waals surface area contributed by atoms with E-state index in [1.54, 1.807) is 6.20 Å². The molecular formula is C11H16BrN5O2. The maximum absolute atomic E-state index is 10.9. The van der Waals surface area contributed by atoms with Gasteiger partial charge in [-0.25, -0.2) is 0 Å². The molecule has 0 spiro atoms. The van der Waals surface area contributed by atoms with Crippen molar-refractivity contribution >= 4 is 27.3 Å². The molecule has 0 bridgehead atoms. The Labute approximate surface area is 119 Å². The minimum atomic E-state index is -0.426. The highest BCUT2D eigenvalue weighted by Crippen LogP contribution is 2.30. The number of nitrogens with zero attached hydrogens (tertiary/aromatic N) is 3. The minimum Gasteiger partial charge on any atom is -0.377 e. The van der Waals surface area contributed by atoms with E-state index in [1.165, 1.54) is 6.20 Å². The van der Waals surface area contributed by atoms with E-state index < -0.39 is 4.92 Å². The average molecular weight is 330 g/mol. The van der Waals surface area contributed by atoms with Crippen molar-refractivity contribution in [1.82, 2.24) is 15.2 Å². The van der Waals surface area contributed by atoms with Gasteiger partial charge in [0.05, 0.1) is 9.40 Å². The standard InChI is InChI=1S/C11H16BrN5O2/c12-9-7-14-8-10(17(18)19)11(9)15-3-6-16-4-1-13-2-5-16/h7-8,13H,1-6H2,(H,14,15). The molecule has 2 rings (SSSR count). The summed E-state index contributed by atoms with van der Waals surface area (Å²) in [5.74, 6) is 0. The lowest BCUT2D eigenvalue weighted by Crippen LogP contribution is -2.45. The van der Waals surface area contributed by atoms with Crippen molar-refractivity contribution in [3.8, 4) is 0 Å². The van der Waals surface area contributed by atoms with E-state index in [-0.39, 0.29) is 5.69 Å². The lowest BCUT2D eigenvalue weighted by Gasteiger charge is -2.27. The molecule has 2 N–H and O–H groups in total. The summed E-state index contributed by atoms with van der Waals surface area (Å²) in [6.45, 7) is 5.57. The van der Waals surface area contributed by atoms with Gasteiger partial charge in [0.15, 0.2) is 0 Å². The van der Waals surface area contributed by atoms with Crippen molar-refractivity contribution in [2.24, 2.45) is 0 Å². The Balaban J connectivity index is 1.93. The summed E-state index contributed by atoms with van der Waals surface area (Å²) in [4.78, 5) is 16.6. The normalized spacial score (nSPS) is 16.3. The lowest BCUT2D eigenvalue weighted by atomic mass is 10.3. The first-order valence-corrected chi connectivity index (χ1v) is 6.92. The molecule has 1 aliphatic heterocycles. The smallest absolute Gasteiger partial charge is 0.311 e. The van der Waals surface area contributed by atoms with E-state index in [2.05, 4.69) is 36.4 Å². The maximum Gasteiger partial charge on any atom is 0.311 e. The largest absolute Gasteiger partial charge is 0.377 e. The number of piperazine rings is 1. The Kier molecular flexibility index (Phi) is 5.06. The Bertz CT molecular complexity index is 451. The first-order valence-electron chi connectivity index (χ1n) is 6.13. The van der Waals surface area contributed by atoms with Gasteiger partial charge in [-0.3, -0.25) is 20.0 Å². The minimum absolute atomic E-state index is 0.00492. The number of anilines is 1. The molecule has 7 nitrogen and oxygen atoms in total. The highest BCUT2D eigenvalue weighted by atomic mass is 79.9. The fraction of sp³-hybridized carbons (Fsp3) is 0.545. The zero-order valence-corrected chi connectivity index (χ0v) is 12.0. The second-order valence-corrected chi connectivity index (χ2v) is 5.15. The number of aromatic nitrogens is 1. The number of halogens is 1. The predicted molar refractivity (Wildman–Crippen MR) is 76.4 cm³/mol. The van der Waals surface area contributed by atoms with E-state index in [4.69, 9.17) is 0 Å². The molecule has 104 valence electrons. The van der Waals surface area contributed by atoms with Crippen LogP contribution in [0.1, 0.15) is 0 Å². The Morgan fingerprint density at radius 2 is 2.21 bits per heavy atom. The van der Waals surface area contributed by atoms with Crippen molar-refractivity contribution < 1.29 is 4.92 Å². The van der Waals surface area contributed by atoms with Crippen molar-refractivity contribution in [3.05, 3.63) is 27.0 Å². The summed E-state index contributed by atoms with van der Waals surface area (Å²) >= 11 is 3.29. The van der Waals surface area contributed by atoms with Crippen molar-refractivity contribution in [2.75, 3.05) is 44.6 Å². The van der Waals surface area contributed by atoms with Crippen LogP contribution in [-0.2, 0) is 0 Å². The van der Waals surface area contributed by atoms with Crippen LogP contribution >= 0.6 is 15.9 Å². The van der Waals surface area contributed by atoms with E-state index in [1.807, 2.05) is 0 Å². The third-order valence-corrected chi connectivity index (χ3v) is 3.62. The van der Waals surface area contributed by atoms with Crippen molar-refractivity contribution in [1.29, 1.82) is 0 Å². The Morgan fingerprint density at radius 1 is 1.47 bits per heavy atom. The van der Waals surface area contributed by atoms with Crippen LogP contribution in [0, 0.1) is 10.1 Å². The molecule has 0 aromatic carbocycles. The summed E-state index contributed by atoms with van der Waals surface area (Å²) in [6, 6.07) is 0. The van der Waals surface area contributed by atoms with Crippen molar-refractivity contribution in [2.45, 2.75) is 0 Å². The molecule has 19 heavy (non-hydrogen) atoms. The monoisotopic (exact) mass is 329 g/mol. The average Bonchev–Trinajstić information content (AvgIpc) is 2.41. The molecule has 2 heterocycles. The fourth-order valence-electron chi connectivity index (χ4n) is 2.01. The summed E-state index contributed by atoms with van der Waals surface area (Å²) in [5, 5.41) is 17.3. The number of hydrogen-bond acceptors (Lipinski definition) is 6. The first-order chi connectivity index (χ1) is 9.18. The molecule has 0 aliphatic carbocycles. The van der Waals surface area contributed by atoms with Gasteiger partial charge in [0.25, 0.3) is 0 Å². The van der Waals surface area contributed by atoms with Gasteiger partial charge in [-0.05, 0) is 15.9 Å². The first kappa shape index (κ1) is 14.2. The van der Waals surface area contributed by atoms with Crippen LogP contribution in [0.15, 0.2) is 16.9 Å². The molecule has 0 amide bonds. The molecule has 0 saturated carbocycles. The summed E-state index contributed by atoms with van der Waals surface area (Å²) in [7, 11) is 0. The lowest BCUT2D eigenvalue weighted by molar-refractivity contribution is -0.384. The molecule has 0 radical (unpaired) electrons. The van der Waals surface area contributed by atoms with Crippen molar-refractivity contribution in [3.63, 3.8) is 0 Å². The number of nitro groups is 1. The quantitative estimate of drug-likeness (QED) is 0.621. The molecular weight excluding hydrogens is 314 g/mol. The third kappa shape index (κ3) is 3.85. The molecule has 1 aromatic rings. The van der Waals surface area contributed by atoms with Crippen LogP contribution in [0.5, 0.6) is 0 Å². The predicted octanol–water partition coefficient (Wildman–Crippen LogP) is 1.07. The summed E-state index contributed by atoms with van der Waals surface area (Å²) < 4.78 is 0.613. The second kappa shape index (κ2) is 6.78. The molecule has 0 atom stereocenters. The zero-order chi connectivity index (χ0) is 13.7. The molecule has 8 heteroatoms. The zero-order valence-electron chi connectivity index (χ0n) is 10.4. The van der Waals surface area contributed by atoms with Gasteiger partial charge in [-0.15, -0.1) is 0 Å². The number of rotatable bonds is 5. The molecule has 1 aromatic heterocycles. The summed E-state index contributed by atoms with van der Waals surface area (Å²) in [6.07, 6.45) is 2.82. The van der Waals surface area contributed by atoms with Crippen LogP contribution in [0.4, 0.5) is 11.4 Å². The van der Waals surface area contributed by atoms with Crippen LogP contribution < -0.4 is 10.6 Å². The van der Waals surface area contributed by atoms with Gasteiger partial charge >= 0.3 is 5.69 Å². The molecule has 1 fully saturated rings. The van der Waals surface area contributed by atoms with Gasteiger partial charge < -0.3 is 10.6 Å². The maximum atomic E-state index is 10.9. The highest BCUT2D eigenvalue weighted by Gasteiger charge is 2.17. The second-order valence-electron chi connectivity index (χ2n) is 4.29. The Hall–Kier alpha value is -1.25. The molecule has 0 unspecified atom stereocenters. The van der Waals surface area contributed by atoms with E-state index in [0.29, 0.717) is 16.7 Å². The van der Waals surface area contributed by atoms with Gasteiger partial charge in [0.2, 0.25) is 0 Å². The third-order valence-electron chi connectivity index (χ3n) is 3.02.